The molecule has 0 radical (unpaired) electrons. The number of hydrogen-bond acceptors (Lipinski definition) is 7. The SMILES string of the molecule is O=C(Nc1ccc(Oc2ccc3nc(NC(=O)C4CC4)cn3n2)cn1)c1cccn(-c2ccccc2)c1=O. The number of carbonyl (C=O) groups excluding carboxylic acids is 2. The van der Waals surface area contributed by atoms with Crippen LogP contribution in [0.5, 0.6) is 11.6 Å². The number of rotatable bonds is 7. The first-order valence-electron chi connectivity index (χ1n) is 11.9. The summed E-state index contributed by atoms with van der Waals surface area (Å²) < 4.78 is 8.70. The van der Waals surface area contributed by atoms with Crippen LogP contribution in [0.1, 0.15) is 23.2 Å². The van der Waals surface area contributed by atoms with Gasteiger partial charge in [-0.3, -0.25) is 19.0 Å². The van der Waals surface area contributed by atoms with E-state index in [1.54, 1.807) is 54.9 Å². The van der Waals surface area contributed by atoms with Crippen molar-refractivity contribution in [2.75, 3.05) is 10.6 Å². The fraction of sp³-hybridized carbons (Fsp3) is 0.111. The van der Waals surface area contributed by atoms with Gasteiger partial charge < -0.3 is 15.4 Å². The average Bonchev–Trinajstić information content (AvgIpc) is 3.71. The fourth-order valence-electron chi connectivity index (χ4n) is 3.83. The maximum absolute atomic E-state index is 12.9. The maximum Gasteiger partial charge on any atom is 0.267 e. The number of imidazole rings is 1. The van der Waals surface area contributed by atoms with Gasteiger partial charge in [0.05, 0.1) is 12.4 Å². The Labute approximate surface area is 215 Å². The number of anilines is 2. The molecule has 11 heteroatoms. The van der Waals surface area contributed by atoms with E-state index in [2.05, 4.69) is 25.7 Å². The van der Waals surface area contributed by atoms with Gasteiger partial charge in [-0.25, -0.2) is 14.5 Å². The standard InChI is InChI=1S/C27H21N7O4/c35-25(17-8-9-17)31-22-16-34-23(29-22)12-13-24(32-34)38-19-10-11-21(28-15-19)30-26(36)20-7-4-14-33(27(20)37)18-5-2-1-3-6-18/h1-7,10-17H,8-9H2,(H,31,35)(H,28,30,36). The van der Waals surface area contributed by atoms with Gasteiger partial charge in [0, 0.05) is 23.9 Å². The lowest BCUT2D eigenvalue weighted by Gasteiger charge is -2.09. The smallest absolute Gasteiger partial charge is 0.267 e. The molecule has 38 heavy (non-hydrogen) atoms. The molecule has 1 fully saturated rings. The van der Waals surface area contributed by atoms with E-state index >= 15 is 0 Å². The Morgan fingerprint density at radius 3 is 2.53 bits per heavy atom. The predicted octanol–water partition coefficient (Wildman–Crippen LogP) is 3.67. The largest absolute Gasteiger partial charge is 0.436 e. The zero-order valence-corrected chi connectivity index (χ0v) is 19.9. The van der Waals surface area contributed by atoms with Crippen LogP contribution < -0.4 is 20.9 Å². The maximum atomic E-state index is 12.9. The first-order chi connectivity index (χ1) is 18.5. The Kier molecular flexibility index (Phi) is 5.85. The van der Waals surface area contributed by atoms with E-state index in [0.29, 0.717) is 28.8 Å². The lowest BCUT2D eigenvalue weighted by Crippen LogP contribution is -2.28. The van der Waals surface area contributed by atoms with Crippen LogP contribution in [0.25, 0.3) is 11.3 Å². The Morgan fingerprint density at radius 2 is 1.76 bits per heavy atom. The van der Waals surface area contributed by atoms with E-state index in [4.69, 9.17) is 4.74 Å². The number of hydrogen-bond donors (Lipinski definition) is 2. The molecule has 0 saturated heterocycles. The van der Waals surface area contributed by atoms with Gasteiger partial charge in [0.2, 0.25) is 11.8 Å². The van der Waals surface area contributed by atoms with Crippen molar-refractivity contribution in [1.29, 1.82) is 0 Å². The van der Waals surface area contributed by atoms with E-state index < -0.39 is 11.5 Å². The highest BCUT2D eigenvalue weighted by molar-refractivity contribution is 6.03. The Hall–Kier alpha value is -5.32. The van der Waals surface area contributed by atoms with Gasteiger partial charge in [0.25, 0.3) is 11.5 Å². The van der Waals surface area contributed by atoms with Crippen LogP contribution in [-0.4, -0.2) is 36.0 Å². The molecule has 1 aromatic carbocycles. The van der Waals surface area contributed by atoms with Crippen molar-refractivity contribution < 1.29 is 14.3 Å². The first kappa shape index (κ1) is 23.1. The number of para-hydroxylation sites is 1. The zero-order chi connectivity index (χ0) is 26.1. The lowest BCUT2D eigenvalue weighted by atomic mass is 10.2. The van der Waals surface area contributed by atoms with Crippen LogP contribution >= 0.6 is 0 Å². The average molecular weight is 508 g/mol. The molecule has 4 aromatic heterocycles. The van der Waals surface area contributed by atoms with Gasteiger partial charge in [0.1, 0.15) is 17.1 Å². The molecular formula is C27H21N7O4. The zero-order valence-electron chi connectivity index (χ0n) is 19.9. The summed E-state index contributed by atoms with van der Waals surface area (Å²) in [4.78, 5) is 46.2. The second kappa shape index (κ2) is 9.62. The van der Waals surface area contributed by atoms with Crippen LogP contribution in [0, 0.1) is 5.92 Å². The molecule has 1 aliphatic carbocycles. The molecule has 0 aliphatic heterocycles. The number of fused-ring (bicyclic) bond motifs is 1. The fourth-order valence-corrected chi connectivity index (χ4v) is 3.83. The molecule has 0 bridgehead atoms. The van der Waals surface area contributed by atoms with Gasteiger partial charge in [-0.1, -0.05) is 18.2 Å². The number of benzene rings is 1. The van der Waals surface area contributed by atoms with Gasteiger partial charge in [-0.15, -0.1) is 5.10 Å². The van der Waals surface area contributed by atoms with Crippen LogP contribution in [0.15, 0.2) is 90.1 Å². The number of ether oxygens (including phenoxy) is 1. The summed E-state index contributed by atoms with van der Waals surface area (Å²) in [6, 6.07) is 18.7. The number of aromatic nitrogens is 5. The lowest BCUT2D eigenvalue weighted by molar-refractivity contribution is -0.117. The predicted molar refractivity (Wildman–Crippen MR) is 139 cm³/mol. The molecule has 5 aromatic rings. The second-order valence-corrected chi connectivity index (χ2v) is 8.73. The minimum Gasteiger partial charge on any atom is -0.436 e. The number of carbonyl (C=O) groups is 2. The van der Waals surface area contributed by atoms with Crippen LogP contribution in [0.3, 0.4) is 0 Å². The third-order valence-corrected chi connectivity index (χ3v) is 5.92. The molecular weight excluding hydrogens is 486 g/mol. The highest BCUT2D eigenvalue weighted by Crippen LogP contribution is 2.30. The van der Waals surface area contributed by atoms with E-state index in [-0.39, 0.29) is 23.2 Å². The number of nitrogens with one attached hydrogen (secondary N) is 2. The van der Waals surface area contributed by atoms with Gasteiger partial charge >= 0.3 is 0 Å². The minimum atomic E-state index is -0.571. The molecule has 0 spiro atoms. The Bertz CT molecular complexity index is 1710. The van der Waals surface area contributed by atoms with Crippen molar-refractivity contribution in [3.05, 3.63) is 101 Å². The Morgan fingerprint density at radius 1 is 0.921 bits per heavy atom. The van der Waals surface area contributed by atoms with E-state index in [9.17, 15) is 14.4 Å². The molecule has 188 valence electrons. The van der Waals surface area contributed by atoms with Crippen molar-refractivity contribution in [1.82, 2.24) is 24.1 Å². The van der Waals surface area contributed by atoms with Gasteiger partial charge in [-0.2, -0.15) is 0 Å². The molecule has 0 unspecified atom stereocenters. The van der Waals surface area contributed by atoms with E-state index in [0.717, 1.165) is 12.8 Å². The van der Waals surface area contributed by atoms with Gasteiger partial charge in [-0.05, 0) is 55.3 Å². The first-order valence-corrected chi connectivity index (χ1v) is 11.9. The van der Waals surface area contributed by atoms with E-state index in [1.807, 2.05) is 18.2 Å². The summed E-state index contributed by atoms with van der Waals surface area (Å²) in [5.74, 6) is 0.846. The topological polar surface area (TPSA) is 133 Å². The molecule has 6 rings (SSSR count). The monoisotopic (exact) mass is 507 g/mol. The number of nitrogens with zero attached hydrogens (tertiary/aromatic N) is 5. The summed E-state index contributed by atoms with van der Waals surface area (Å²) in [6.45, 7) is 0. The molecule has 2 amide bonds. The molecule has 4 heterocycles. The summed E-state index contributed by atoms with van der Waals surface area (Å²) in [7, 11) is 0. The summed E-state index contributed by atoms with van der Waals surface area (Å²) in [5, 5.41) is 9.79. The molecule has 0 atom stereocenters. The van der Waals surface area contributed by atoms with Crippen molar-refractivity contribution in [2.24, 2.45) is 5.92 Å². The molecule has 1 aliphatic rings. The quantitative estimate of drug-likeness (QED) is 0.343. The minimum absolute atomic E-state index is 0.0102. The Balaban J connectivity index is 1.13. The third-order valence-electron chi connectivity index (χ3n) is 5.92. The highest BCUT2D eigenvalue weighted by Gasteiger charge is 2.30. The summed E-state index contributed by atoms with van der Waals surface area (Å²) in [5.41, 5.74) is 0.775. The highest BCUT2D eigenvalue weighted by atomic mass is 16.5. The van der Waals surface area contributed by atoms with Crippen LogP contribution in [0.4, 0.5) is 11.6 Å². The number of amides is 2. The molecule has 2 N–H and O–H groups in total. The van der Waals surface area contributed by atoms with Crippen molar-refractivity contribution in [3.63, 3.8) is 0 Å². The van der Waals surface area contributed by atoms with E-state index in [1.165, 1.54) is 21.3 Å². The third kappa shape index (κ3) is 4.85. The number of pyridine rings is 2. The van der Waals surface area contributed by atoms with Crippen molar-refractivity contribution in [3.8, 4) is 17.3 Å². The summed E-state index contributed by atoms with van der Waals surface area (Å²) in [6.07, 6.45) is 6.48. The van der Waals surface area contributed by atoms with Crippen LogP contribution in [-0.2, 0) is 4.79 Å². The molecule has 11 nitrogen and oxygen atoms in total. The normalized spacial score (nSPS) is 12.7. The summed E-state index contributed by atoms with van der Waals surface area (Å²) >= 11 is 0. The van der Waals surface area contributed by atoms with Crippen molar-refractivity contribution >= 4 is 29.1 Å². The molecule has 1 saturated carbocycles. The van der Waals surface area contributed by atoms with Crippen molar-refractivity contribution in [2.45, 2.75) is 12.8 Å². The van der Waals surface area contributed by atoms with Gasteiger partial charge in [0.15, 0.2) is 11.5 Å². The second-order valence-electron chi connectivity index (χ2n) is 8.73. The van der Waals surface area contributed by atoms with Crippen LogP contribution in [0.2, 0.25) is 0 Å².